The minimum absolute atomic E-state index is 0.470. The standard InChI is InChI=1S/C21H26O5Si3/c1-4-10-19(11-5-1)16-22-27-25-29(24-18-21-14-8-3-9-15-21)26-28-23-17-20-12-6-2-7-13-20/h1-15,29H,16-18,27-28H2. The molecule has 0 fully saturated rings. The van der Waals surface area contributed by atoms with Gasteiger partial charge in [-0.3, -0.25) is 0 Å². The molecule has 0 aliphatic carbocycles. The third kappa shape index (κ3) is 8.98. The summed E-state index contributed by atoms with van der Waals surface area (Å²) in [4.78, 5) is 0. The molecule has 152 valence electrons. The summed E-state index contributed by atoms with van der Waals surface area (Å²) >= 11 is 0. The van der Waals surface area contributed by atoms with Gasteiger partial charge in [-0.05, 0) is 16.7 Å². The van der Waals surface area contributed by atoms with Crippen LogP contribution in [0.3, 0.4) is 0 Å². The molecule has 0 saturated heterocycles. The summed E-state index contributed by atoms with van der Waals surface area (Å²) in [5, 5.41) is 0. The second-order valence-corrected chi connectivity index (χ2v) is 11.2. The van der Waals surface area contributed by atoms with Crippen molar-refractivity contribution in [2.24, 2.45) is 0 Å². The zero-order valence-corrected chi connectivity index (χ0v) is 20.3. The van der Waals surface area contributed by atoms with Crippen LogP contribution >= 0.6 is 0 Å². The lowest BCUT2D eigenvalue weighted by Crippen LogP contribution is -2.31. The first-order valence-electron chi connectivity index (χ1n) is 9.52. The highest BCUT2D eigenvalue weighted by molar-refractivity contribution is 6.51. The van der Waals surface area contributed by atoms with E-state index < -0.39 is 29.5 Å². The Morgan fingerprint density at radius 3 is 1.31 bits per heavy atom. The highest BCUT2D eigenvalue weighted by atomic mass is 28.4. The maximum atomic E-state index is 5.94. The van der Waals surface area contributed by atoms with Gasteiger partial charge in [0.15, 0.2) is 0 Å². The zero-order valence-electron chi connectivity index (χ0n) is 16.3. The van der Waals surface area contributed by atoms with Gasteiger partial charge in [-0.2, -0.15) is 0 Å². The fraction of sp³-hybridized carbons (Fsp3) is 0.143. The van der Waals surface area contributed by atoms with Crippen LogP contribution in [0.4, 0.5) is 0 Å². The Kier molecular flexibility index (Phi) is 10.0. The van der Waals surface area contributed by atoms with Crippen molar-refractivity contribution in [3.8, 4) is 0 Å². The van der Waals surface area contributed by atoms with Crippen molar-refractivity contribution in [1.82, 2.24) is 0 Å². The van der Waals surface area contributed by atoms with Crippen molar-refractivity contribution in [1.29, 1.82) is 0 Å². The predicted molar refractivity (Wildman–Crippen MR) is 120 cm³/mol. The molecule has 8 heteroatoms. The molecular formula is C21H26O5Si3. The van der Waals surface area contributed by atoms with E-state index in [0.29, 0.717) is 19.8 Å². The van der Waals surface area contributed by atoms with Crippen molar-refractivity contribution in [2.45, 2.75) is 19.8 Å². The SMILES string of the molecule is c1ccc(CO[SiH2]O[SiH](OCc2ccccc2)O[SiH2]OCc2ccccc2)cc1. The highest BCUT2D eigenvalue weighted by Gasteiger charge is 2.16. The van der Waals surface area contributed by atoms with Gasteiger partial charge in [0.2, 0.25) is 0 Å². The molecule has 0 aliphatic heterocycles. The van der Waals surface area contributed by atoms with Gasteiger partial charge >= 0.3 is 9.53 Å². The van der Waals surface area contributed by atoms with Crippen molar-refractivity contribution in [3.63, 3.8) is 0 Å². The molecule has 3 aromatic rings. The van der Waals surface area contributed by atoms with Gasteiger partial charge in [-0.15, -0.1) is 0 Å². The molecule has 0 saturated carbocycles. The molecule has 0 spiro atoms. The van der Waals surface area contributed by atoms with Crippen molar-refractivity contribution >= 4 is 29.5 Å². The molecule has 3 aromatic carbocycles. The molecule has 3 rings (SSSR count). The molecule has 29 heavy (non-hydrogen) atoms. The highest BCUT2D eigenvalue weighted by Crippen LogP contribution is 2.05. The van der Waals surface area contributed by atoms with E-state index in [2.05, 4.69) is 0 Å². The second-order valence-electron chi connectivity index (χ2n) is 6.32. The first-order valence-corrected chi connectivity index (χ1v) is 13.2. The van der Waals surface area contributed by atoms with Crippen LogP contribution in [0.1, 0.15) is 16.7 Å². The van der Waals surface area contributed by atoms with Gasteiger partial charge in [0.05, 0.1) is 19.8 Å². The Bertz CT molecular complexity index is 746. The first-order chi connectivity index (χ1) is 14.4. The van der Waals surface area contributed by atoms with E-state index in [4.69, 9.17) is 21.5 Å². The quantitative estimate of drug-likeness (QED) is 0.300. The van der Waals surface area contributed by atoms with Crippen LogP contribution in [0.5, 0.6) is 0 Å². The van der Waals surface area contributed by atoms with E-state index in [9.17, 15) is 0 Å². The Balaban J connectivity index is 1.40. The average Bonchev–Trinajstić information content (AvgIpc) is 2.79. The third-order valence-electron chi connectivity index (χ3n) is 4.03. The average molecular weight is 443 g/mol. The Labute approximate surface area is 178 Å². The number of hydrogen-bond donors (Lipinski definition) is 0. The van der Waals surface area contributed by atoms with Gasteiger partial charge < -0.3 is 21.5 Å². The van der Waals surface area contributed by atoms with Crippen LogP contribution in [0.15, 0.2) is 91.0 Å². The molecule has 0 bridgehead atoms. The minimum Gasteiger partial charge on any atom is -0.401 e. The van der Waals surface area contributed by atoms with Crippen molar-refractivity contribution in [3.05, 3.63) is 108 Å². The number of benzene rings is 3. The third-order valence-corrected chi connectivity index (χ3v) is 8.47. The van der Waals surface area contributed by atoms with Crippen LogP contribution in [0.25, 0.3) is 0 Å². The smallest absolute Gasteiger partial charge is 0.401 e. The van der Waals surface area contributed by atoms with Gasteiger partial charge in [0.1, 0.15) is 0 Å². The Hall–Kier alpha value is -1.89. The zero-order chi connectivity index (χ0) is 20.0. The summed E-state index contributed by atoms with van der Waals surface area (Å²) in [5.41, 5.74) is 3.36. The molecule has 0 unspecified atom stereocenters. The molecule has 0 amide bonds. The molecule has 0 heterocycles. The summed E-state index contributed by atoms with van der Waals surface area (Å²) in [6, 6.07) is 30.2. The fourth-order valence-electron chi connectivity index (χ4n) is 2.56. The van der Waals surface area contributed by atoms with Gasteiger partial charge in [-0.1, -0.05) is 91.0 Å². The molecule has 5 nitrogen and oxygen atoms in total. The van der Waals surface area contributed by atoms with Gasteiger partial charge in [0.25, 0.3) is 20.0 Å². The molecular weight excluding hydrogens is 416 g/mol. The summed E-state index contributed by atoms with van der Waals surface area (Å²) < 4.78 is 29.2. The van der Waals surface area contributed by atoms with Crippen LogP contribution in [0, 0.1) is 0 Å². The summed E-state index contributed by atoms with van der Waals surface area (Å²) in [6.45, 7) is 1.57. The topological polar surface area (TPSA) is 46.2 Å². The lowest BCUT2D eigenvalue weighted by molar-refractivity contribution is 0.159. The molecule has 0 N–H and O–H groups in total. The van der Waals surface area contributed by atoms with Crippen molar-refractivity contribution in [2.75, 3.05) is 0 Å². The molecule has 0 radical (unpaired) electrons. The minimum atomic E-state index is -2.28. The van der Waals surface area contributed by atoms with Crippen LogP contribution < -0.4 is 0 Å². The van der Waals surface area contributed by atoms with Crippen molar-refractivity contribution < 1.29 is 21.5 Å². The summed E-state index contributed by atoms with van der Waals surface area (Å²) in [5.74, 6) is 0. The van der Waals surface area contributed by atoms with E-state index in [0.717, 1.165) is 16.7 Å². The Morgan fingerprint density at radius 2 is 0.897 bits per heavy atom. The maximum absolute atomic E-state index is 5.94. The maximum Gasteiger partial charge on any atom is 0.465 e. The van der Waals surface area contributed by atoms with E-state index in [-0.39, 0.29) is 0 Å². The number of rotatable bonds is 13. The van der Waals surface area contributed by atoms with E-state index >= 15 is 0 Å². The Morgan fingerprint density at radius 1 is 0.517 bits per heavy atom. The molecule has 0 atom stereocenters. The lowest BCUT2D eigenvalue weighted by Gasteiger charge is -2.17. The lowest BCUT2D eigenvalue weighted by atomic mass is 10.2. The summed E-state index contributed by atoms with van der Waals surface area (Å²) in [7, 11) is -4.65. The number of hydrogen-bond acceptors (Lipinski definition) is 5. The monoisotopic (exact) mass is 442 g/mol. The first kappa shape index (κ1) is 21.8. The molecule has 0 aliphatic rings. The van der Waals surface area contributed by atoms with E-state index in [1.165, 1.54) is 0 Å². The van der Waals surface area contributed by atoms with Crippen LogP contribution in [-0.2, 0) is 41.3 Å². The fourth-order valence-corrected chi connectivity index (χ4v) is 7.20. The van der Waals surface area contributed by atoms with E-state index in [1.54, 1.807) is 0 Å². The van der Waals surface area contributed by atoms with Crippen LogP contribution in [0.2, 0.25) is 0 Å². The predicted octanol–water partition coefficient (Wildman–Crippen LogP) is 2.38. The molecule has 0 aromatic heterocycles. The van der Waals surface area contributed by atoms with Crippen LogP contribution in [-0.4, -0.2) is 29.5 Å². The second kappa shape index (κ2) is 13.4. The van der Waals surface area contributed by atoms with Gasteiger partial charge in [0, 0.05) is 0 Å². The summed E-state index contributed by atoms with van der Waals surface area (Å²) in [6.07, 6.45) is 0. The van der Waals surface area contributed by atoms with E-state index in [1.807, 2.05) is 91.0 Å². The normalized spacial score (nSPS) is 12.8. The largest absolute Gasteiger partial charge is 0.465 e. The van der Waals surface area contributed by atoms with Gasteiger partial charge in [-0.25, -0.2) is 0 Å².